The lowest BCUT2D eigenvalue weighted by Gasteiger charge is -2.41. The highest BCUT2D eigenvalue weighted by Crippen LogP contribution is 2.39. The summed E-state index contributed by atoms with van der Waals surface area (Å²) in [5.41, 5.74) is 0.426. The summed E-state index contributed by atoms with van der Waals surface area (Å²) in [5.74, 6) is -0.248. The summed E-state index contributed by atoms with van der Waals surface area (Å²) in [5, 5.41) is 1.00. The molecule has 3 rings (SSSR count). The number of hydrogen-bond acceptors (Lipinski definition) is 4. The lowest BCUT2D eigenvalue weighted by atomic mass is 9.95. The predicted octanol–water partition coefficient (Wildman–Crippen LogP) is 6.13. The lowest BCUT2D eigenvalue weighted by molar-refractivity contribution is 0.0713. The molecule has 0 atom stereocenters. The number of benzene rings is 1. The van der Waals surface area contributed by atoms with Gasteiger partial charge in [-0.05, 0) is 67.5 Å². The molecule has 0 bridgehead atoms. The van der Waals surface area contributed by atoms with Crippen LogP contribution < -0.4 is 4.74 Å². The van der Waals surface area contributed by atoms with E-state index in [-0.39, 0.29) is 28.3 Å². The van der Waals surface area contributed by atoms with Gasteiger partial charge in [0, 0.05) is 17.7 Å². The van der Waals surface area contributed by atoms with Crippen molar-refractivity contribution in [3.8, 4) is 5.75 Å². The Balaban J connectivity index is 1.67. The number of aromatic nitrogens is 2. The Bertz CT molecular complexity index is 812. The molecule has 2 aromatic rings. The number of ether oxygens (including phenoxy) is 1. The number of hydrogen-bond donors (Lipinski definition) is 0. The van der Waals surface area contributed by atoms with Gasteiger partial charge in [-0.15, -0.1) is 0 Å². The first-order chi connectivity index (χ1) is 12.6. The monoisotopic (exact) mass is 410 g/mol. The van der Waals surface area contributed by atoms with Crippen molar-refractivity contribution < 1.29 is 13.6 Å². The molecule has 0 saturated heterocycles. The van der Waals surface area contributed by atoms with Crippen LogP contribution in [-0.4, -0.2) is 30.5 Å². The smallest absolute Gasteiger partial charge is 0.223 e. The second kappa shape index (κ2) is 7.64. The van der Waals surface area contributed by atoms with Crippen molar-refractivity contribution in [2.24, 2.45) is 0 Å². The average molecular weight is 411 g/mol. The van der Waals surface area contributed by atoms with E-state index < -0.39 is 14.1 Å². The molecule has 1 aromatic heterocycles. The molecule has 0 N–H and O–H groups in total. The number of rotatable bonds is 4. The van der Waals surface area contributed by atoms with E-state index in [2.05, 4.69) is 43.8 Å². The van der Waals surface area contributed by atoms with Gasteiger partial charge in [-0.3, -0.25) is 0 Å². The molecule has 7 heteroatoms. The van der Waals surface area contributed by atoms with Crippen molar-refractivity contribution in [3.63, 3.8) is 0 Å². The number of halogens is 2. The molecule has 1 aliphatic carbocycles. The van der Waals surface area contributed by atoms with Crippen LogP contribution in [-0.2, 0) is 4.43 Å². The summed E-state index contributed by atoms with van der Waals surface area (Å²) in [6, 6.07) is 3.03. The van der Waals surface area contributed by atoms with Crippen LogP contribution in [0.1, 0.15) is 46.5 Å². The van der Waals surface area contributed by atoms with Gasteiger partial charge in [0.05, 0.1) is 6.10 Å². The van der Waals surface area contributed by atoms with Crippen LogP contribution in [0.3, 0.4) is 0 Å². The first-order valence-corrected chi connectivity index (χ1v) is 12.8. The van der Waals surface area contributed by atoms with Crippen LogP contribution in [0.2, 0.25) is 23.4 Å². The van der Waals surface area contributed by atoms with E-state index in [0.29, 0.717) is 10.9 Å². The quantitative estimate of drug-likeness (QED) is 0.449. The largest absolute Gasteiger partial charge is 0.485 e. The fourth-order valence-electron chi connectivity index (χ4n) is 3.17. The molecule has 148 valence electrons. The molecule has 4 nitrogen and oxygen atoms in total. The van der Waals surface area contributed by atoms with Gasteiger partial charge in [0.15, 0.2) is 19.9 Å². The fourth-order valence-corrected chi connectivity index (χ4v) is 4.72. The van der Waals surface area contributed by atoms with Crippen molar-refractivity contribution in [2.75, 3.05) is 0 Å². The molecular weight excluding hydrogens is 383 g/mol. The SMILES string of the molecule is CC(C)(C)[Si](C)(C)OC1CCC(Oc2c(F)ccc3cnc(Cl)nc23)CC1. The van der Waals surface area contributed by atoms with Crippen LogP contribution in [0.15, 0.2) is 18.3 Å². The van der Waals surface area contributed by atoms with E-state index in [1.165, 1.54) is 6.07 Å². The fraction of sp³-hybridized carbons (Fsp3) is 0.600. The highest BCUT2D eigenvalue weighted by Gasteiger charge is 2.40. The summed E-state index contributed by atoms with van der Waals surface area (Å²) in [7, 11) is -1.77. The third kappa shape index (κ3) is 4.61. The van der Waals surface area contributed by atoms with Gasteiger partial charge < -0.3 is 9.16 Å². The van der Waals surface area contributed by atoms with Crippen molar-refractivity contribution in [3.05, 3.63) is 29.4 Å². The van der Waals surface area contributed by atoms with Gasteiger partial charge in [-0.2, -0.15) is 0 Å². The highest BCUT2D eigenvalue weighted by atomic mass is 35.5. The van der Waals surface area contributed by atoms with E-state index in [0.717, 1.165) is 25.7 Å². The average Bonchev–Trinajstić information content (AvgIpc) is 2.58. The van der Waals surface area contributed by atoms with Crippen molar-refractivity contribution >= 4 is 30.8 Å². The zero-order valence-electron chi connectivity index (χ0n) is 16.7. The normalized spacial score (nSPS) is 21.4. The van der Waals surface area contributed by atoms with Gasteiger partial charge in [0.2, 0.25) is 5.28 Å². The third-order valence-corrected chi connectivity index (χ3v) is 10.5. The van der Waals surface area contributed by atoms with Crippen LogP contribution in [0.5, 0.6) is 5.75 Å². The maximum atomic E-state index is 14.4. The molecule has 0 spiro atoms. The maximum absolute atomic E-state index is 14.4. The van der Waals surface area contributed by atoms with E-state index in [1.807, 2.05) is 0 Å². The van der Waals surface area contributed by atoms with E-state index >= 15 is 0 Å². The second-order valence-corrected chi connectivity index (χ2v) is 13.9. The maximum Gasteiger partial charge on any atom is 0.223 e. The Labute approximate surface area is 166 Å². The predicted molar refractivity (Wildman–Crippen MR) is 109 cm³/mol. The lowest BCUT2D eigenvalue weighted by Crippen LogP contribution is -2.45. The van der Waals surface area contributed by atoms with E-state index in [4.69, 9.17) is 20.8 Å². The second-order valence-electron chi connectivity index (χ2n) is 8.85. The van der Waals surface area contributed by atoms with Crippen molar-refractivity contribution in [2.45, 2.75) is 76.8 Å². The molecule has 1 aromatic carbocycles. The van der Waals surface area contributed by atoms with Crippen molar-refractivity contribution in [1.82, 2.24) is 9.97 Å². The molecule has 1 fully saturated rings. The summed E-state index contributed by atoms with van der Waals surface area (Å²) in [6.07, 6.45) is 5.35. The third-order valence-electron chi connectivity index (χ3n) is 5.80. The van der Waals surface area contributed by atoms with Gasteiger partial charge in [-0.1, -0.05) is 20.8 Å². The first-order valence-electron chi connectivity index (χ1n) is 9.52. The van der Waals surface area contributed by atoms with Gasteiger partial charge in [-0.25, -0.2) is 14.4 Å². The Hall–Kier alpha value is -1.24. The molecule has 1 aliphatic rings. The minimum absolute atomic E-state index is 0.0434. The summed E-state index contributed by atoms with van der Waals surface area (Å²) in [6.45, 7) is 11.3. The minimum atomic E-state index is -1.77. The Morgan fingerprint density at radius 1 is 1.11 bits per heavy atom. The molecule has 0 amide bonds. The van der Waals surface area contributed by atoms with Crippen LogP contribution >= 0.6 is 11.6 Å². The Morgan fingerprint density at radius 3 is 2.37 bits per heavy atom. The van der Waals surface area contributed by atoms with Gasteiger partial charge >= 0.3 is 0 Å². The van der Waals surface area contributed by atoms with Gasteiger partial charge in [0.1, 0.15) is 5.52 Å². The molecule has 1 saturated carbocycles. The summed E-state index contributed by atoms with van der Waals surface area (Å²) >= 11 is 5.89. The van der Waals surface area contributed by atoms with Crippen molar-refractivity contribution in [1.29, 1.82) is 0 Å². The summed E-state index contributed by atoms with van der Waals surface area (Å²) in [4.78, 5) is 8.11. The highest BCUT2D eigenvalue weighted by molar-refractivity contribution is 6.74. The molecule has 27 heavy (non-hydrogen) atoms. The Kier molecular flexibility index (Phi) is 5.80. The van der Waals surface area contributed by atoms with Crippen LogP contribution in [0.25, 0.3) is 10.9 Å². The summed E-state index contributed by atoms with van der Waals surface area (Å²) < 4.78 is 26.9. The van der Waals surface area contributed by atoms with E-state index in [9.17, 15) is 4.39 Å². The number of nitrogens with zero attached hydrogens (tertiary/aromatic N) is 2. The standard InChI is InChI=1S/C20H28ClFN2O2Si/c1-20(2,3)27(4,5)26-15-9-7-14(8-10-15)25-18-16(22)11-6-13-12-23-19(21)24-17(13)18/h6,11-12,14-15H,7-10H2,1-5H3. The first kappa shape index (κ1) is 20.5. The number of fused-ring (bicyclic) bond motifs is 1. The molecule has 0 aliphatic heterocycles. The van der Waals surface area contributed by atoms with Crippen LogP contribution in [0, 0.1) is 5.82 Å². The molecule has 0 unspecified atom stereocenters. The Morgan fingerprint density at radius 2 is 1.74 bits per heavy atom. The molecule has 0 radical (unpaired) electrons. The molecule has 1 heterocycles. The topological polar surface area (TPSA) is 44.2 Å². The zero-order chi connectivity index (χ0) is 19.8. The minimum Gasteiger partial charge on any atom is -0.485 e. The van der Waals surface area contributed by atoms with Gasteiger partial charge in [0.25, 0.3) is 0 Å². The van der Waals surface area contributed by atoms with E-state index in [1.54, 1.807) is 12.3 Å². The molecular formula is C20H28ClFN2O2Si. The zero-order valence-corrected chi connectivity index (χ0v) is 18.4. The van der Waals surface area contributed by atoms with Crippen LogP contribution in [0.4, 0.5) is 4.39 Å².